The summed E-state index contributed by atoms with van der Waals surface area (Å²) in [6, 6.07) is 26.3. The topological polar surface area (TPSA) is 59.8 Å². The molecule has 0 saturated carbocycles. The van der Waals surface area contributed by atoms with Gasteiger partial charge >= 0.3 is 0 Å². The van der Waals surface area contributed by atoms with Crippen LogP contribution in [0.1, 0.15) is 37.3 Å². The van der Waals surface area contributed by atoms with Gasteiger partial charge in [-0.25, -0.2) is 0 Å². The minimum atomic E-state index is -0.0733. The van der Waals surface area contributed by atoms with Crippen LogP contribution < -0.4 is 5.32 Å². The number of thioether (sulfide) groups is 1. The van der Waals surface area contributed by atoms with Crippen LogP contribution >= 0.6 is 11.8 Å². The smallest absolute Gasteiger partial charge is 0.234 e. The normalized spacial score (nSPS) is 11.8. The number of amides is 1. The minimum Gasteiger partial charge on any atom is -0.325 e. The van der Waals surface area contributed by atoms with Crippen LogP contribution in [0.15, 0.2) is 84.0 Å². The number of aromatic nitrogens is 3. The Balaban J connectivity index is 1.51. The van der Waals surface area contributed by atoms with Crippen LogP contribution in [0.3, 0.4) is 0 Å². The second-order valence-corrected chi connectivity index (χ2v) is 9.05. The number of carbonyl (C=O) groups excluding carboxylic acids is 1. The summed E-state index contributed by atoms with van der Waals surface area (Å²) < 4.78 is 2.00. The zero-order valence-electron chi connectivity index (χ0n) is 19.2. The second kappa shape index (κ2) is 10.5. The number of nitrogens with one attached hydrogen (secondary N) is 1. The molecule has 0 fully saturated rings. The van der Waals surface area contributed by atoms with E-state index in [0.717, 1.165) is 29.2 Å². The van der Waals surface area contributed by atoms with Gasteiger partial charge in [-0.3, -0.25) is 9.36 Å². The van der Waals surface area contributed by atoms with E-state index in [1.54, 1.807) is 0 Å². The van der Waals surface area contributed by atoms with Gasteiger partial charge in [-0.1, -0.05) is 85.8 Å². The zero-order valence-corrected chi connectivity index (χ0v) is 20.0. The second-order valence-electron chi connectivity index (χ2n) is 8.11. The summed E-state index contributed by atoms with van der Waals surface area (Å²) in [5.74, 6) is 1.43. The van der Waals surface area contributed by atoms with E-state index in [9.17, 15) is 4.79 Å². The molecule has 0 aliphatic carbocycles. The molecule has 5 nitrogen and oxygen atoms in total. The first-order valence-corrected chi connectivity index (χ1v) is 12.1. The molecule has 4 aromatic rings. The highest BCUT2D eigenvalue weighted by Gasteiger charge is 2.17. The van der Waals surface area contributed by atoms with Gasteiger partial charge in [0, 0.05) is 16.9 Å². The standard InChI is InChI=1S/C27H28N4OS/c1-4-20(3)21-14-16-23(17-15-21)28-25(32)18-33-27-30-29-26(22-12-10-19(2)11-13-22)31(27)24-8-6-5-7-9-24/h5-17,20H,4,18H2,1-3H3,(H,28,32)/t20-/m0/s1. The molecule has 1 aromatic heterocycles. The molecule has 1 N–H and O–H groups in total. The number of carbonyl (C=O) groups is 1. The van der Waals surface area contributed by atoms with Gasteiger partial charge in [0.2, 0.25) is 5.91 Å². The van der Waals surface area contributed by atoms with Gasteiger partial charge in [0.05, 0.1) is 5.75 Å². The number of hydrogen-bond acceptors (Lipinski definition) is 4. The summed E-state index contributed by atoms with van der Waals surface area (Å²) in [5.41, 5.74) is 5.21. The number of benzene rings is 3. The molecule has 0 spiro atoms. The third-order valence-electron chi connectivity index (χ3n) is 5.67. The Kier molecular flexibility index (Phi) is 7.25. The zero-order chi connectivity index (χ0) is 23.2. The molecule has 0 radical (unpaired) electrons. The van der Waals surface area contributed by atoms with Crippen LogP contribution in [0.5, 0.6) is 0 Å². The quantitative estimate of drug-likeness (QED) is 0.308. The summed E-state index contributed by atoms with van der Waals surface area (Å²) in [6.07, 6.45) is 1.09. The van der Waals surface area contributed by atoms with Crippen molar-refractivity contribution in [1.29, 1.82) is 0 Å². The predicted octanol–water partition coefficient (Wildman–Crippen LogP) is 6.49. The highest BCUT2D eigenvalue weighted by molar-refractivity contribution is 7.99. The van der Waals surface area contributed by atoms with Crippen LogP contribution in [-0.2, 0) is 4.79 Å². The molecule has 3 aromatic carbocycles. The Morgan fingerprint density at radius 3 is 2.33 bits per heavy atom. The highest BCUT2D eigenvalue weighted by atomic mass is 32.2. The lowest BCUT2D eigenvalue weighted by atomic mass is 9.99. The average molecular weight is 457 g/mol. The van der Waals surface area contributed by atoms with Crippen molar-refractivity contribution < 1.29 is 4.79 Å². The lowest BCUT2D eigenvalue weighted by Gasteiger charge is -2.11. The molecule has 4 rings (SSSR count). The molecule has 1 heterocycles. The number of para-hydroxylation sites is 1. The van der Waals surface area contributed by atoms with E-state index >= 15 is 0 Å². The van der Waals surface area contributed by atoms with Gasteiger partial charge in [0.15, 0.2) is 11.0 Å². The Bertz CT molecular complexity index is 1200. The lowest BCUT2D eigenvalue weighted by Crippen LogP contribution is -2.14. The van der Waals surface area contributed by atoms with Crippen molar-refractivity contribution in [2.75, 3.05) is 11.1 Å². The van der Waals surface area contributed by atoms with Crippen LogP contribution in [0.2, 0.25) is 0 Å². The van der Waals surface area contributed by atoms with Crippen LogP contribution in [-0.4, -0.2) is 26.4 Å². The van der Waals surface area contributed by atoms with Crippen LogP contribution in [0, 0.1) is 6.92 Å². The molecule has 0 unspecified atom stereocenters. The van der Waals surface area contributed by atoms with E-state index in [1.807, 2.05) is 59.2 Å². The molecule has 1 amide bonds. The van der Waals surface area contributed by atoms with Gasteiger partial charge in [0.1, 0.15) is 0 Å². The Labute approximate surface area is 199 Å². The molecule has 0 saturated heterocycles. The number of nitrogens with zero attached hydrogens (tertiary/aromatic N) is 3. The summed E-state index contributed by atoms with van der Waals surface area (Å²) in [5, 5.41) is 12.5. The van der Waals surface area contributed by atoms with Crippen LogP contribution in [0.25, 0.3) is 17.1 Å². The van der Waals surface area contributed by atoms with Gasteiger partial charge in [-0.2, -0.15) is 0 Å². The first-order valence-electron chi connectivity index (χ1n) is 11.2. The number of hydrogen-bond donors (Lipinski definition) is 1. The largest absolute Gasteiger partial charge is 0.325 e. The first-order chi connectivity index (χ1) is 16.0. The number of anilines is 1. The average Bonchev–Trinajstić information content (AvgIpc) is 3.27. The van der Waals surface area contributed by atoms with Gasteiger partial charge in [-0.15, -0.1) is 10.2 Å². The van der Waals surface area contributed by atoms with E-state index < -0.39 is 0 Å². The van der Waals surface area contributed by atoms with E-state index in [-0.39, 0.29) is 11.7 Å². The summed E-state index contributed by atoms with van der Waals surface area (Å²) in [4.78, 5) is 12.6. The van der Waals surface area contributed by atoms with Crippen molar-refractivity contribution in [3.63, 3.8) is 0 Å². The number of rotatable bonds is 8. The molecule has 0 bridgehead atoms. The van der Waals surface area contributed by atoms with Crippen molar-refractivity contribution >= 4 is 23.4 Å². The van der Waals surface area contributed by atoms with Crippen molar-refractivity contribution in [2.45, 2.75) is 38.3 Å². The Morgan fingerprint density at radius 1 is 0.970 bits per heavy atom. The van der Waals surface area contributed by atoms with Gasteiger partial charge in [-0.05, 0) is 49.1 Å². The molecule has 168 valence electrons. The lowest BCUT2D eigenvalue weighted by molar-refractivity contribution is -0.113. The highest BCUT2D eigenvalue weighted by Crippen LogP contribution is 2.28. The maximum atomic E-state index is 12.6. The van der Waals surface area contributed by atoms with Crippen molar-refractivity contribution in [1.82, 2.24) is 14.8 Å². The maximum Gasteiger partial charge on any atom is 0.234 e. The molecular weight excluding hydrogens is 428 g/mol. The van der Waals surface area contributed by atoms with E-state index in [0.29, 0.717) is 11.1 Å². The molecular formula is C27H28N4OS. The summed E-state index contributed by atoms with van der Waals surface area (Å²) >= 11 is 1.38. The van der Waals surface area contributed by atoms with E-state index in [2.05, 4.69) is 60.6 Å². The van der Waals surface area contributed by atoms with Gasteiger partial charge in [0.25, 0.3) is 0 Å². The van der Waals surface area contributed by atoms with Crippen molar-refractivity contribution in [3.05, 3.63) is 90.0 Å². The Morgan fingerprint density at radius 2 is 1.67 bits per heavy atom. The summed E-state index contributed by atoms with van der Waals surface area (Å²) in [7, 11) is 0. The third kappa shape index (κ3) is 5.52. The van der Waals surface area contributed by atoms with Crippen molar-refractivity contribution in [2.24, 2.45) is 0 Å². The first kappa shape index (κ1) is 22.8. The maximum absolute atomic E-state index is 12.6. The summed E-state index contributed by atoms with van der Waals surface area (Å²) in [6.45, 7) is 6.44. The molecule has 1 atom stereocenters. The fourth-order valence-electron chi connectivity index (χ4n) is 3.52. The Hall–Kier alpha value is -3.38. The fourth-order valence-corrected chi connectivity index (χ4v) is 4.27. The molecule has 6 heteroatoms. The van der Waals surface area contributed by atoms with E-state index in [4.69, 9.17) is 0 Å². The SMILES string of the molecule is CC[C@H](C)c1ccc(NC(=O)CSc2nnc(-c3ccc(C)cc3)n2-c2ccccc2)cc1. The third-order valence-corrected chi connectivity index (χ3v) is 6.59. The van der Waals surface area contributed by atoms with Crippen LogP contribution in [0.4, 0.5) is 5.69 Å². The fraction of sp³-hybridized carbons (Fsp3) is 0.222. The van der Waals surface area contributed by atoms with Gasteiger partial charge < -0.3 is 5.32 Å². The number of aryl methyl sites for hydroxylation is 1. The predicted molar refractivity (Wildman–Crippen MR) is 136 cm³/mol. The monoisotopic (exact) mass is 456 g/mol. The van der Waals surface area contributed by atoms with Crippen molar-refractivity contribution in [3.8, 4) is 17.1 Å². The molecule has 0 aliphatic rings. The minimum absolute atomic E-state index is 0.0733. The molecule has 0 aliphatic heterocycles. The molecule has 33 heavy (non-hydrogen) atoms. The van der Waals surface area contributed by atoms with E-state index in [1.165, 1.54) is 22.9 Å².